The number of aryl methyl sites for hydroxylation is 4. The van der Waals surface area contributed by atoms with Crippen molar-refractivity contribution in [1.29, 1.82) is 0 Å². The molecule has 0 fully saturated rings. The van der Waals surface area contributed by atoms with Crippen LogP contribution in [-0.2, 0) is 9.59 Å². The highest BCUT2D eigenvalue weighted by Gasteiger charge is 2.27. The quantitative estimate of drug-likeness (QED) is 0.607. The van der Waals surface area contributed by atoms with Gasteiger partial charge in [0, 0.05) is 5.69 Å². The van der Waals surface area contributed by atoms with Gasteiger partial charge in [0.25, 0.3) is 0 Å². The van der Waals surface area contributed by atoms with E-state index in [9.17, 15) is 9.59 Å². The molecule has 0 saturated heterocycles. The van der Waals surface area contributed by atoms with Gasteiger partial charge in [-0.3, -0.25) is 14.6 Å². The molecule has 4 rings (SSSR count). The van der Waals surface area contributed by atoms with Gasteiger partial charge in [-0.05, 0) is 73.7 Å². The number of nitrogens with zero attached hydrogens (tertiary/aromatic N) is 2. The van der Waals surface area contributed by atoms with Crippen LogP contribution >= 0.6 is 0 Å². The molecule has 5 nitrogen and oxygen atoms in total. The monoisotopic (exact) mass is 425 g/mol. The zero-order valence-corrected chi connectivity index (χ0v) is 18.9. The van der Waals surface area contributed by atoms with Gasteiger partial charge in [-0.1, -0.05) is 42.5 Å². The van der Waals surface area contributed by atoms with Gasteiger partial charge in [-0.2, -0.15) is 0 Å². The van der Waals surface area contributed by atoms with Crippen molar-refractivity contribution >= 4 is 34.6 Å². The largest absolute Gasteiger partial charge is 0.324 e. The molecule has 0 saturated carbocycles. The van der Waals surface area contributed by atoms with Crippen LogP contribution in [0.3, 0.4) is 0 Å². The zero-order chi connectivity index (χ0) is 22.8. The molecule has 1 aliphatic heterocycles. The lowest BCUT2D eigenvalue weighted by molar-refractivity contribution is -0.120. The maximum Gasteiger partial charge on any atom is 0.244 e. The lowest BCUT2D eigenvalue weighted by atomic mass is 10.0. The van der Waals surface area contributed by atoms with Crippen molar-refractivity contribution in [2.45, 2.75) is 34.1 Å². The van der Waals surface area contributed by atoms with Gasteiger partial charge in [-0.15, -0.1) is 0 Å². The first-order valence-corrected chi connectivity index (χ1v) is 10.7. The van der Waals surface area contributed by atoms with Crippen molar-refractivity contribution < 1.29 is 9.59 Å². The van der Waals surface area contributed by atoms with E-state index in [1.165, 1.54) is 10.5 Å². The van der Waals surface area contributed by atoms with Crippen LogP contribution in [0, 0.1) is 27.7 Å². The molecule has 0 spiro atoms. The first kappa shape index (κ1) is 21.5. The van der Waals surface area contributed by atoms with E-state index in [0.29, 0.717) is 17.1 Å². The summed E-state index contributed by atoms with van der Waals surface area (Å²) in [5.41, 5.74) is 8.09. The van der Waals surface area contributed by atoms with Crippen molar-refractivity contribution in [3.05, 3.63) is 88.5 Å². The number of rotatable bonds is 4. The van der Waals surface area contributed by atoms with Crippen LogP contribution in [0.25, 0.3) is 0 Å². The summed E-state index contributed by atoms with van der Waals surface area (Å²) in [6.45, 7) is 7.96. The van der Waals surface area contributed by atoms with Crippen LogP contribution in [0.5, 0.6) is 0 Å². The predicted molar refractivity (Wildman–Crippen MR) is 130 cm³/mol. The molecule has 0 radical (unpaired) electrons. The fraction of sp³-hybridized carbons (Fsp3) is 0.222. The van der Waals surface area contributed by atoms with Crippen molar-refractivity contribution in [2.24, 2.45) is 4.99 Å². The number of fused-ring (bicyclic) bond motifs is 1. The van der Waals surface area contributed by atoms with Gasteiger partial charge >= 0.3 is 0 Å². The molecule has 32 heavy (non-hydrogen) atoms. The van der Waals surface area contributed by atoms with Crippen molar-refractivity contribution in [3.8, 4) is 0 Å². The molecule has 162 valence electrons. The standard InChI is InChI=1S/C27H27N3O2/c1-17-12-13-21(14-20(17)4)23-15-26(32)30(24-11-6-5-10-22(24)28-23)16-25(31)29-27-18(2)8-7-9-19(27)3/h5-14H,15-16H2,1-4H3,(H,29,31). The predicted octanol–water partition coefficient (Wildman–Crippen LogP) is 5.42. The highest BCUT2D eigenvalue weighted by Crippen LogP contribution is 2.33. The Morgan fingerprint density at radius 3 is 2.34 bits per heavy atom. The molecule has 0 aliphatic carbocycles. The second-order valence-corrected chi connectivity index (χ2v) is 8.32. The summed E-state index contributed by atoms with van der Waals surface area (Å²) in [5.74, 6) is -0.385. The minimum atomic E-state index is -0.236. The zero-order valence-electron chi connectivity index (χ0n) is 18.9. The van der Waals surface area contributed by atoms with Crippen molar-refractivity contribution in [3.63, 3.8) is 0 Å². The minimum Gasteiger partial charge on any atom is -0.324 e. The summed E-state index contributed by atoms with van der Waals surface area (Å²) in [5, 5.41) is 2.98. The van der Waals surface area contributed by atoms with Crippen LogP contribution in [0.2, 0.25) is 0 Å². The maximum atomic E-state index is 13.3. The normalized spacial score (nSPS) is 13.3. The summed E-state index contributed by atoms with van der Waals surface area (Å²) >= 11 is 0. The first-order valence-electron chi connectivity index (χ1n) is 10.7. The van der Waals surface area contributed by atoms with Gasteiger partial charge in [0.1, 0.15) is 6.54 Å². The van der Waals surface area contributed by atoms with Crippen molar-refractivity contribution in [2.75, 3.05) is 16.8 Å². The number of aliphatic imine (C=N–C) groups is 1. The molecule has 3 aromatic rings. The first-order chi connectivity index (χ1) is 15.3. The third kappa shape index (κ3) is 4.33. The van der Waals surface area contributed by atoms with Crippen molar-refractivity contribution in [1.82, 2.24) is 0 Å². The smallest absolute Gasteiger partial charge is 0.244 e. The number of hydrogen-bond donors (Lipinski definition) is 1. The van der Waals surface area contributed by atoms with E-state index in [0.717, 1.165) is 27.9 Å². The van der Waals surface area contributed by atoms with E-state index in [1.54, 1.807) is 0 Å². The Labute approximate surface area is 188 Å². The average molecular weight is 426 g/mol. The fourth-order valence-electron chi connectivity index (χ4n) is 3.94. The van der Waals surface area contributed by atoms with E-state index in [2.05, 4.69) is 25.2 Å². The van der Waals surface area contributed by atoms with Gasteiger partial charge < -0.3 is 10.2 Å². The molecule has 2 amide bonds. The fourth-order valence-corrected chi connectivity index (χ4v) is 3.94. The number of hydrogen-bond acceptors (Lipinski definition) is 3. The second kappa shape index (κ2) is 8.79. The summed E-state index contributed by atoms with van der Waals surface area (Å²) in [6.07, 6.45) is 0.133. The lowest BCUT2D eigenvalue weighted by Crippen LogP contribution is -2.38. The Hall–Kier alpha value is -3.73. The number of carbonyl (C=O) groups is 2. The third-order valence-corrected chi connectivity index (χ3v) is 5.94. The van der Waals surface area contributed by atoms with E-state index in [1.807, 2.05) is 68.4 Å². The highest BCUT2D eigenvalue weighted by atomic mass is 16.2. The van der Waals surface area contributed by atoms with Crippen LogP contribution in [0.1, 0.15) is 34.2 Å². The molecular weight excluding hydrogens is 398 g/mol. The van der Waals surface area contributed by atoms with E-state index >= 15 is 0 Å². The molecule has 5 heteroatoms. The third-order valence-electron chi connectivity index (χ3n) is 5.94. The molecule has 0 unspecified atom stereocenters. The molecular formula is C27H27N3O2. The van der Waals surface area contributed by atoms with Gasteiger partial charge in [-0.25, -0.2) is 0 Å². The lowest BCUT2D eigenvalue weighted by Gasteiger charge is -2.22. The summed E-state index contributed by atoms with van der Waals surface area (Å²) in [6, 6.07) is 19.5. The summed E-state index contributed by atoms with van der Waals surface area (Å²) < 4.78 is 0. The van der Waals surface area contributed by atoms with Gasteiger partial charge in [0.05, 0.1) is 23.5 Å². The average Bonchev–Trinajstić information content (AvgIpc) is 2.89. The SMILES string of the molecule is Cc1ccc(C2=Nc3ccccc3N(CC(=O)Nc3c(C)cccc3C)C(=O)C2)cc1C. The Morgan fingerprint density at radius 2 is 1.62 bits per heavy atom. The number of carbonyl (C=O) groups excluding carboxylic acids is 2. The molecule has 0 aromatic heterocycles. The molecule has 1 heterocycles. The Kier molecular flexibility index (Phi) is 5.91. The molecule has 1 aliphatic rings. The number of anilines is 2. The molecule has 0 bridgehead atoms. The summed E-state index contributed by atoms with van der Waals surface area (Å²) in [4.78, 5) is 32.6. The number of amides is 2. The topological polar surface area (TPSA) is 61.8 Å². The number of benzene rings is 3. The van der Waals surface area contributed by atoms with Crippen LogP contribution in [0.4, 0.5) is 17.1 Å². The number of para-hydroxylation sites is 3. The Balaban J connectivity index is 1.64. The van der Waals surface area contributed by atoms with Crippen LogP contribution < -0.4 is 10.2 Å². The molecule has 3 aromatic carbocycles. The highest BCUT2D eigenvalue weighted by molar-refractivity contribution is 6.19. The van der Waals surface area contributed by atoms with Gasteiger partial charge in [0.15, 0.2) is 0 Å². The van der Waals surface area contributed by atoms with Gasteiger partial charge in [0.2, 0.25) is 11.8 Å². The van der Waals surface area contributed by atoms with E-state index < -0.39 is 0 Å². The minimum absolute atomic E-state index is 0.0701. The number of nitrogens with one attached hydrogen (secondary N) is 1. The van der Waals surface area contributed by atoms with Crippen LogP contribution in [0.15, 0.2) is 65.7 Å². The molecule has 0 atom stereocenters. The maximum absolute atomic E-state index is 13.3. The summed E-state index contributed by atoms with van der Waals surface area (Å²) in [7, 11) is 0. The molecule has 1 N–H and O–H groups in total. The van der Waals surface area contributed by atoms with E-state index in [4.69, 9.17) is 4.99 Å². The Bertz CT molecular complexity index is 1220. The second-order valence-electron chi connectivity index (χ2n) is 8.32. The Morgan fingerprint density at radius 1 is 0.906 bits per heavy atom. The van der Waals surface area contributed by atoms with E-state index in [-0.39, 0.29) is 24.8 Å². The van der Waals surface area contributed by atoms with Crippen LogP contribution in [-0.4, -0.2) is 24.1 Å².